The predicted molar refractivity (Wildman–Crippen MR) is 129 cm³/mol. The Morgan fingerprint density at radius 1 is 0.970 bits per heavy atom. The molecule has 2 aromatic carbocycles. The van der Waals surface area contributed by atoms with Crippen LogP contribution in [0.1, 0.15) is 44.7 Å². The summed E-state index contributed by atoms with van der Waals surface area (Å²) in [5.74, 6) is 1.15. The van der Waals surface area contributed by atoms with Crippen LogP contribution in [-0.2, 0) is 16.1 Å². The topological polar surface area (TPSA) is 77.1 Å². The third kappa shape index (κ3) is 7.41. The molecule has 1 N–H and O–H groups in total. The molecule has 2 atom stereocenters. The number of carbonyl (C=O) groups is 2. The second-order valence-corrected chi connectivity index (χ2v) is 8.03. The van der Waals surface area contributed by atoms with E-state index in [1.165, 1.54) is 0 Å². The third-order valence-corrected chi connectivity index (χ3v) is 5.68. The number of aryl methyl sites for hydroxylation is 1. The van der Waals surface area contributed by atoms with Crippen LogP contribution in [0.4, 0.5) is 0 Å². The maximum Gasteiger partial charge on any atom is 0.261 e. The summed E-state index contributed by atoms with van der Waals surface area (Å²) in [5, 5.41) is 3.01. The van der Waals surface area contributed by atoms with E-state index in [9.17, 15) is 9.59 Å². The maximum absolute atomic E-state index is 13.4. The van der Waals surface area contributed by atoms with Crippen molar-refractivity contribution in [2.24, 2.45) is 0 Å². The lowest BCUT2D eigenvalue weighted by molar-refractivity contribution is -0.143. The summed E-state index contributed by atoms with van der Waals surface area (Å²) in [5.41, 5.74) is 2.05. The molecule has 2 amide bonds. The largest absolute Gasteiger partial charge is 0.496 e. The number of rotatable bonds is 12. The fourth-order valence-corrected chi connectivity index (χ4v) is 3.42. The van der Waals surface area contributed by atoms with Gasteiger partial charge in [-0.05, 0) is 37.8 Å². The normalized spacial score (nSPS) is 12.4. The van der Waals surface area contributed by atoms with Gasteiger partial charge in [-0.1, -0.05) is 38.1 Å². The van der Waals surface area contributed by atoms with Gasteiger partial charge in [-0.15, -0.1) is 0 Å². The van der Waals surface area contributed by atoms with Gasteiger partial charge in [0.25, 0.3) is 5.91 Å². The van der Waals surface area contributed by atoms with Gasteiger partial charge in [0.05, 0.1) is 14.2 Å². The van der Waals surface area contributed by atoms with Crippen molar-refractivity contribution in [1.29, 1.82) is 0 Å². The number of benzene rings is 2. The van der Waals surface area contributed by atoms with Gasteiger partial charge in [0.2, 0.25) is 5.91 Å². The molecule has 180 valence electrons. The van der Waals surface area contributed by atoms with E-state index < -0.39 is 6.04 Å². The SMILES string of the molecule is CC[C@@H](C)NC(=O)[C@H](CC)N(Cc1ccccc1C)C(=O)COc1cc(OC)cc(OC)c1. The number of nitrogens with zero attached hydrogens (tertiary/aromatic N) is 1. The number of hydrogen-bond donors (Lipinski definition) is 1. The number of carbonyl (C=O) groups excluding carboxylic acids is 2. The quantitative estimate of drug-likeness (QED) is 0.520. The van der Waals surface area contributed by atoms with Gasteiger partial charge in [-0.25, -0.2) is 0 Å². The molecule has 0 aliphatic rings. The molecule has 2 aromatic rings. The summed E-state index contributed by atoms with van der Waals surface area (Å²) in [6.07, 6.45) is 1.31. The van der Waals surface area contributed by atoms with E-state index in [1.807, 2.05) is 52.0 Å². The Bertz CT molecular complexity index is 908. The number of methoxy groups -OCH3 is 2. The monoisotopic (exact) mass is 456 g/mol. The Balaban J connectivity index is 2.27. The van der Waals surface area contributed by atoms with Crippen molar-refractivity contribution in [3.05, 3.63) is 53.6 Å². The van der Waals surface area contributed by atoms with Crippen molar-refractivity contribution < 1.29 is 23.8 Å². The van der Waals surface area contributed by atoms with Gasteiger partial charge in [0.1, 0.15) is 23.3 Å². The molecule has 0 spiro atoms. The van der Waals surface area contributed by atoms with E-state index in [1.54, 1.807) is 37.3 Å². The Morgan fingerprint density at radius 2 is 1.58 bits per heavy atom. The fraction of sp³-hybridized carbons (Fsp3) is 0.462. The number of nitrogens with one attached hydrogen (secondary N) is 1. The first kappa shape index (κ1) is 26.0. The van der Waals surface area contributed by atoms with Crippen LogP contribution in [0.15, 0.2) is 42.5 Å². The average molecular weight is 457 g/mol. The molecule has 7 heteroatoms. The fourth-order valence-electron chi connectivity index (χ4n) is 3.42. The van der Waals surface area contributed by atoms with Gasteiger partial charge < -0.3 is 24.4 Å². The van der Waals surface area contributed by atoms with Crippen molar-refractivity contribution in [2.45, 2.75) is 59.2 Å². The van der Waals surface area contributed by atoms with Crippen LogP contribution in [0.2, 0.25) is 0 Å². The summed E-state index contributed by atoms with van der Waals surface area (Å²) >= 11 is 0. The van der Waals surface area contributed by atoms with E-state index in [0.717, 1.165) is 17.5 Å². The Hall–Kier alpha value is -3.22. The van der Waals surface area contributed by atoms with Crippen LogP contribution < -0.4 is 19.5 Å². The van der Waals surface area contributed by atoms with Crippen molar-refractivity contribution in [2.75, 3.05) is 20.8 Å². The van der Waals surface area contributed by atoms with Crippen molar-refractivity contribution in [1.82, 2.24) is 10.2 Å². The predicted octanol–water partition coefficient (Wildman–Crippen LogP) is 4.11. The first-order chi connectivity index (χ1) is 15.8. The lowest BCUT2D eigenvalue weighted by Gasteiger charge is -2.31. The Kier molecular flexibility index (Phi) is 10.0. The van der Waals surface area contributed by atoms with Crippen LogP contribution in [0.5, 0.6) is 17.2 Å². The summed E-state index contributed by atoms with van der Waals surface area (Å²) in [6, 6.07) is 12.4. The second kappa shape index (κ2) is 12.7. The highest BCUT2D eigenvalue weighted by Gasteiger charge is 2.29. The van der Waals surface area contributed by atoms with Crippen LogP contribution in [0.3, 0.4) is 0 Å². The number of hydrogen-bond acceptors (Lipinski definition) is 5. The van der Waals surface area contributed by atoms with Gasteiger partial charge in [0.15, 0.2) is 6.61 Å². The van der Waals surface area contributed by atoms with Gasteiger partial charge in [0, 0.05) is 30.8 Å². The van der Waals surface area contributed by atoms with Crippen LogP contribution in [-0.4, -0.2) is 49.6 Å². The molecule has 0 radical (unpaired) electrons. The molecule has 0 heterocycles. The zero-order chi connectivity index (χ0) is 24.4. The van der Waals surface area contributed by atoms with E-state index in [4.69, 9.17) is 14.2 Å². The minimum Gasteiger partial charge on any atom is -0.496 e. The molecular weight excluding hydrogens is 420 g/mol. The molecule has 33 heavy (non-hydrogen) atoms. The first-order valence-electron chi connectivity index (χ1n) is 11.3. The average Bonchev–Trinajstić information content (AvgIpc) is 2.83. The van der Waals surface area contributed by atoms with Gasteiger partial charge >= 0.3 is 0 Å². The molecule has 0 bridgehead atoms. The highest BCUT2D eigenvalue weighted by Crippen LogP contribution is 2.27. The van der Waals surface area contributed by atoms with Crippen LogP contribution in [0.25, 0.3) is 0 Å². The molecular formula is C26H36N2O5. The molecule has 7 nitrogen and oxygen atoms in total. The zero-order valence-electron chi connectivity index (χ0n) is 20.5. The molecule has 2 rings (SSSR count). The molecule has 0 aliphatic heterocycles. The number of amides is 2. The molecule has 0 fully saturated rings. The Morgan fingerprint density at radius 3 is 2.12 bits per heavy atom. The first-order valence-corrected chi connectivity index (χ1v) is 11.3. The third-order valence-electron chi connectivity index (χ3n) is 5.68. The number of ether oxygens (including phenoxy) is 3. The van der Waals surface area contributed by atoms with Crippen molar-refractivity contribution in [3.8, 4) is 17.2 Å². The van der Waals surface area contributed by atoms with E-state index in [2.05, 4.69) is 5.32 Å². The Labute approximate surface area is 197 Å². The lowest BCUT2D eigenvalue weighted by atomic mass is 10.1. The molecule has 0 saturated carbocycles. The van der Waals surface area contributed by atoms with E-state index in [-0.39, 0.29) is 24.5 Å². The zero-order valence-corrected chi connectivity index (χ0v) is 20.5. The lowest BCUT2D eigenvalue weighted by Crippen LogP contribution is -2.51. The molecule has 0 aliphatic carbocycles. The van der Waals surface area contributed by atoms with Crippen molar-refractivity contribution in [3.63, 3.8) is 0 Å². The van der Waals surface area contributed by atoms with Gasteiger partial charge in [-0.3, -0.25) is 9.59 Å². The van der Waals surface area contributed by atoms with Gasteiger partial charge in [-0.2, -0.15) is 0 Å². The summed E-state index contributed by atoms with van der Waals surface area (Å²) in [7, 11) is 3.10. The van der Waals surface area contributed by atoms with Crippen LogP contribution >= 0.6 is 0 Å². The summed E-state index contributed by atoms with van der Waals surface area (Å²) in [6.45, 7) is 7.98. The highest BCUT2D eigenvalue weighted by atomic mass is 16.5. The van der Waals surface area contributed by atoms with Crippen LogP contribution in [0, 0.1) is 6.92 Å². The highest BCUT2D eigenvalue weighted by molar-refractivity contribution is 5.88. The molecule has 0 saturated heterocycles. The second-order valence-electron chi connectivity index (χ2n) is 8.03. The van der Waals surface area contributed by atoms with E-state index in [0.29, 0.717) is 30.2 Å². The van der Waals surface area contributed by atoms with Crippen molar-refractivity contribution >= 4 is 11.8 Å². The standard InChI is InChI=1S/C26H36N2O5/c1-7-19(4)27-26(30)24(8-2)28(16-20-12-10-9-11-18(20)3)25(29)17-33-23-14-21(31-5)13-22(15-23)32-6/h9-15,19,24H,7-8,16-17H2,1-6H3,(H,27,30)/t19-,24+/m1/s1. The molecule has 0 unspecified atom stereocenters. The maximum atomic E-state index is 13.4. The minimum absolute atomic E-state index is 0.0301. The summed E-state index contributed by atoms with van der Waals surface area (Å²) in [4.78, 5) is 28.0. The summed E-state index contributed by atoms with van der Waals surface area (Å²) < 4.78 is 16.3. The smallest absolute Gasteiger partial charge is 0.261 e. The minimum atomic E-state index is -0.602. The molecule has 0 aromatic heterocycles. The van der Waals surface area contributed by atoms with E-state index >= 15 is 0 Å².